The maximum Gasteiger partial charge on any atom is 0.294 e. The summed E-state index contributed by atoms with van der Waals surface area (Å²) in [4.78, 5) is 34.0. The van der Waals surface area contributed by atoms with Gasteiger partial charge in [-0.1, -0.05) is 36.4 Å². The number of ether oxygens (including phenoxy) is 3. The third-order valence-electron chi connectivity index (χ3n) is 6.71. The molecular formula is C30H24N2O7S. The first-order chi connectivity index (χ1) is 19.4. The van der Waals surface area contributed by atoms with Crippen LogP contribution in [0.5, 0.6) is 23.0 Å². The Labute approximate surface area is 233 Å². The molecule has 3 heterocycles. The number of carbonyl (C=O) groups excluding carboxylic acids is 2. The van der Waals surface area contributed by atoms with E-state index in [0.29, 0.717) is 44.9 Å². The fourth-order valence-electron chi connectivity index (χ4n) is 4.86. The lowest BCUT2D eigenvalue weighted by Crippen LogP contribution is -2.31. The fraction of sp³-hybridized carbons (Fsp3) is 0.167. The van der Waals surface area contributed by atoms with Gasteiger partial charge in [-0.3, -0.25) is 14.5 Å². The van der Waals surface area contributed by atoms with Crippen molar-refractivity contribution in [3.63, 3.8) is 0 Å². The van der Waals surface area contributed by atoms with Gasteiger partial charge in [0.25, 0.3) is 5.91 Å². The highest BCUT2D eigenvalue weighted by Gasteiger charge is 2.46. The second kappa shape index (κ2) is 10.0. The van der Waals surface area contributed by atoms with Gasteiger partial charge in [0.05, 0.1) is 28.8 Å². The molecule has 2 aliphatic rings. The molecule has 0 saturated carbocycles. The van der Waals surface area contributed by atoms with Crippen LogP contribution in [0.4, 0.5) is 5.69 Å². The molecule has 202 valence electrons. The molecule has 0 saturated heterocycles. The Morgan fingerprint density at radius 3 is 2.62 bits per heavy atom. The summed E-state index contributed by atoms with van der Waals surface area (Å²) in [7, 11) is 0. The van der Waals surface area contributed by atoms with E-state index in [0.717, 1.165) is 5.56 Å². The van der Waals surface area contributed by atoms with Gasteiger partial charge in [-0.15, -0.1) is 11.3 Å². The molecule has 2 N–H and O–H groups in total. The Kier molecular flexibility index (Phi) is 6.39. The minimum atomic E-state index is -1.03. The maximum atomic E-state index is 14.1. The first-order valence-electron chi connectivity index (χ1n) is 12.6. The van der Waals surface area contributed by atoms with Crippen LogP contribution in [0.3, 0.4) is 0 Å². The molecule has 10 heteroatoms. The minimum absolute atomic E-state index is 0.0491. The highest BCUT2D eigenvalue weighted by atomic mass is 32.1. The largest absolute Gasteiger partial charge is 0.504 e. The van der Waals surface area contributed by atoms with Crippen LogP contribution < -0.4 is 19.1 Å². The van der Waals surface area contributed by atoms with Crippen LogP contribution >= 0.6 is 11.3 Å². The molecule has 9 nitrogen and oxygen atoms in total. The second-order valence-corrected chi connectivity index (χ2v) is 10.2. The smallest absolute Gasteiger partial charge is 0.294 e. The second-order valence-electron chi connectivity index (χ2n) is 9.17. The number of aliphatic hydroxyl groups is 1. The van der Waals surface area contributed by atoms with Gasteiger partial charge >= 0.3 is 0 Å². The summed E-state index contributed by atoms with van der Waals surface area (Å²) < 4.78 is 16.5. The van der Waals surface area contributed by atoms with E-state index in [1.165, 1.54) is 22.3 Å². The Hall–Kier alpha value is -4.83. The number of fused-ring (bicyclic) bond motifs is 1. The third kappa shape index (κ3) is 4.22. The van der Waals surface area contributed by atoms with E-state index in [4.69, 9.17) is 14.2 Å². The molecule has 6 rings (SSSR count). The van der Waals surface area contributed by atoms with Gasteiger partial charge in [0.15, 0.2) is 28.8 Å². The molecule has 0 radical (unpaired) electrons. The molecule has 0 fully saturated rings. The van der Waals surface area contributed by atoms with Crippen molar-refractivity contribution < 1.29 is 34.0 Å². The predicted octanol–water partition coefficient (Wildman–Crippen LogP) is 5.73. The van der Waals surface area contributed by atoms with E-state index in [1.54, 1.807) is 44.2 Å². The van der Waals surface area contributed by atoms with Crippen LogP contribution in [0.2, 0.25) is 0 Å². The molecule has 3 aromatic carbocycles. The van der Waals surface area contributed by atoms with Crippen LogP contribution in [0.15, 0.2) is 78.1 Å². The third-order valence-corrected chi connectivity index (χ3v) is 7.92. The van der Waals surface area contributed by atoms with Crippen molar-refractivity contribution in [3.8, 4) is 33.6 Å². The number of ketones is 1. The molecule has 40 heavy (non-hydrogen) atoms. The van der Waals surface area contributed by atoms with Crippen molar-refractivity contribution in [1.82, 2.24) is 4.98 Å². The quantitative estimate of drug-likeness (QED) is 0.277. The van der Waals surface area contributed by atoms with E-state index in [1.807, 2.05) is 30.3 Å². The van der Waals surface area contributed by atoms with Crippen LogP contribution in [0.25, 0.3) is 10.6 Å². The number of phenols is 1. The SMILES string of the molecule is CCOc1cc(C2C(C(=O)c3sc(-c4ccccc4)nc3C)=C(O)C(=O)N2c2ccc3c(c2)OCO3)ccc1O. The fourth-order valence-corrected chi connectivity index (χ4v) is 5.89. The van der Waals surface area contributed by atoms with Crippen molar-refractivity contribution in [2.24, 2.45) is 0 Å². The summed E-state index contributed by atoms with van der Waals surface area (Å²) in [5, 5.41) is 22.2. The zero-order chi connectivity index (χ0) is 28.0. The Balaban J connectivity index is 1.48. The molecule has 1 amide bonds. The Bertz CT molecular complexity index is 1680. The zero-order valence-corrected chi connectivity index (χ0v) is 22.4. The highest BCUT2D eigenvalue weighted by molar-refractivity contribution is 7.17. The summed E-state index contributed by atoms with van der Waals surface area (Å²) in [6.45, 7) is 3.85. The first-order valence-corrected chi connectivity index (χ1v) is 13.4. The molecule has 1 unspecified atom stereocenters. The van der Waals surface area contributed by atoms with E-state index in [9.17, 15) is 19.8 Å². The molecule has 0 bridgehead atoms. The normalized spacial score (nSPS) is 16.1. The lowest BCUT2D eigenvalue weighted by Gasteiger charge is -2.27. The van der Waals surface area contributed by atoms with Crippen LogP contribution in [-0.2, 0) is 4.79 Å². The highest BCUT2D eigenvalue weighted by Crippen LogP contribution is 2.46. The van der Waals surface area contributed by atoms with Gasteiger partial charge in [-0.25, -0.2) is 4.98 Å². The van der Waals surface area contributed by atoms with Crippen molar-refractivity contribution in [3.05, 3.63) is 94.2 Å². The number of rotatable bonds is 7. The van der Waals surface area contributed by atoms with E-state index < -0.39 is 23.5 Å². The molecule has 0 spiro atoms. The number of hydrogen-bond acceptors (Lipinski definition) is 9. The number of aryl methyl sites for hydroxylation is 1. The number of phenolic OH excluding ortho intramolecular Hbond substituents is 1. The number of thiazole rings is 1. The number of benzene rings is 3. The van der Waals surface area contributed by atoms with Gasteiger partial charge in [0, 0.05) is 17.3 Å². The van der Waals surface area contributed by atoms with E-state index in [-0.39, 0.29) is 23.9 Å². The summed E-state index contributed by atoms with van der Waals surface area (Å²) in [5.74, 6) is -0.848. The standard InChI is InChI=1S/C30H24N2O7S/c1-3-37-22-13-18(9-11-20(22)33)25-24(26(34)28-16(2)31-29(40-28)17-7-5-4-6-8-17)27(35)30(36)32(25)19-10-12-21-23(14-19)39-15-38-21/h4-14,25,33,35H,3,15H2,1-2H3. The molecule has 1 aromatic heterocycles. The van der Waals surface area contributed by atoms with Gasteiger partial charge in [-0.2, -0.15) is 0 Å². The first kappa shape index (κ1) is 25.4. The van der Waals surface area contributed by atoms with Gasteiger partial charge in [0.2, 0.25) is 12.6 Å². The molecule has 4 aromatic rings. The number of anilines is 1. The minimum Gasteiger partial charge on any atom is -0.504 e. The number of Topliss-reactive ketones (excluding diaryl/α,β-unsaturated/α-hetero) is 1. The number of aliphatic hydroxyl groups excluding tert-OH is 1. The van der Waals surface area contributed by atoms with Crippen molar-refractivity contribution in [2.45, 2.75) is 19.9 Å². The summed E-state index contributed by atoms with van der Waals surface area (Å²) in [6.07, 6.45) is 0. The summed E-state index contributed by atoms with van der Waals surface area (Å²) in [6, 6.07) is 18.0. The van der Waals surface area contributed by atoms with Crippen LogP contribution in [-0.4, -0.2) is 40.3 Å². The number of carbonyl (C=O) groups is 2. The van der Waals surface area contributed by atoms with Crippen molar-refractivity contribution >= 4 is 28.7 Å². The van der Waals surface area contributed by atoms with Crippen LogP contribution in [0.1, 0.15) is 33.9 Å². The average Bonchev–Trinajstić information content (AvgIpc) is 3.66. The van der Waals surface area contributed by atoms with Crippen molar-refractivity contribution in [2.75, 3.05) is 18.3 Å². The lowest BCUT2D eigenvalue weighted by atomic mass is 9.94. The van der Waals surface area contributed by atoms with Gasteiger partial charge < -0.3 is 24.4 Å². The van der Waals surface area contributed by atoms with E-state index in [2.05, 4.69) is 4.98 Å². The zero-order valence-electron chi connectivity index (χ0n) is 21.6. The lowest BCUT2D eigenvalue weighted by molar-refractivity contribution is -0.117. The summed E-state index contributed by atoms with van der Waals surface area (Å²) >= 11 is 1.20. The molecular weight excluding hydrogens is 532 g/mol. The average molecular weight is 557 g/mol. The number of aromatic nitrogens is 1. The van der Waals surface area contributed by atoms with E-state index >= 15 is 0 Å². The van der Waals surface area contributed by atoms with Gasteiger partial charge in [-0.05, 0) is 43.7 Å². The van der Waals surface area contributed by atoms with Crippen molar-refractivity contribution in [1.29, 1.82) is 0 Å². The number of hydrogen-bond donors (Lipinski definition) is 2. The molecule has 1 atom stereocenters. The Morgan fingerprint density at radius 2 is 1.85 bits per heavy atom. The monoisotopic (exact) mass is 556 g/mol. The number of nitrogens with zero attached hydrogens (tertiary/aromatic N) is 2. The van der Waals surface area contributed by atoms with Gasteiger partial charge in [0.1, 0.15) is 5.01 Å². The molecule has 0 aliphatic carbocycles. The Morgan fingerprint density at radius 1 is 1.07 bits per heavy atom. The summed E-state index contributed by atoms with van der Waals surface area (Å²) in [5.41, 5.74) is 2.11. The number of aromatic hydroxyl groups is 1. The topological polar surface area (TPSA) is 118 Å². The number of amides is 1. The maximum absolute atomic E-state index is 14.1. The van der Waals surface area contributed by atoms with Crippen LogP contribution in [0, 0.1) is 6.92 Å². The predicted molar refractivity (Wildman–Crippen MR) is 148 cm³/mol. The molecule has 2 aliphatic heterocycles.